The maximum absolute atomic E-state index is 13.3. The highest BCUT2D eigenvalue weighted by Gasteiger charge is 2.47. The van der Waals surface area contributed by atoms with Crippen molar-refractivity contribution in [1.29, 1.82) is 0 Å². The first-order valence-electron chi connectivity index (χ1n) is 9.91. The van der Waals surface area contributed by atoms with Crippen LogP contribution in [-0.2, 0) is 16.1 Å². The van der Waals surface area contributed by atoms with Crippen LogP contribution in [-0.4, -0.2) is 28.5 Å². The molecule has 1 unspecified atom stereocenters. The van der Waals surface area contributed by atoms with Gasteiger partial charge in [0.2, 0.25) is 6.79 Å². The van der Waals surface area contributed by atoms with Crippen LogP contribution in [0.5, 0.6) is 11.5 Å². The molecule has 2 aromatic carbocycles. The second kappa shape index (κ2) is 7.56. The molecule has 1 fully saturated rings. The third-order valence-corrected chi connectivity index (χ3v) is 5.48. The Morgan fingerprint density at radius 3 is 2.53 bits per heavy atom. The van der Waals surface area contributed by atoms with Gasteiger partial charge in [-0.25, -0.2) is 4.39 Å². The predicted molar refractivity (Wildman–Crippen MR) is 110 cm³/mol. The van der Waals surface area contributed by atoms with Crippen molar-refractivity contribution in [3.63, 3.8) is 0 Å². The summed E-state index contributed by atoms with van der Waals surface area (Å²) in [7, 11) is 0. The number of carbonyl (C=O) groups is 2. The smallest absolute Gasteiger partial charge is 0.296 e. The Kier molecular flexibility index (Phi) is 4.70. The van der Waals surface area contributed by atoms with Gasteiger partial charge in [-0.3, -0.25) is 9.59 Å². The van der Waals surface area contributed by atoms with Crippen molar-refractivity contribution in [2.45, 2.75) is 19.5 Å². The Hall–Kier alpha value is -4.07. The van der Waals surface area contributed by atoms with Gasteiger partial charge >= 0.3 is 0 Å². The summed E-state index contributed by atoms with van der Waals surface area (Å²) in [6.07, 6.45) is 0. The van der Waals surface area contributed by atoms with Crippen LogP contribution in [0.3, 0.4) is 0 Å². The van der Waals surface area contributed by atoms with Crippen molar-refractivity contribution in [2.24, 2.45) is 0 Å². The molecule has 1 N–H and O–H groups in total. The number of amides is 1. The zero-order valence-corrected chi connectivity index (χ0v) is 17.0. The minimum absolute atomic E-state index is 0.0349. The molecule has 3 aromatic rings. The molecular weight excluding hydrogens is 417 g/mol. The fourth-order valence-electron chi connectivity index (χ4n) is 3.93. The van der Waals surface area contributed by atoms with E-state index in [-0.39, 0.29) is 24.7 Å². The van der Waals surface area contributed by atoms with Crippen molar-refractivity contribution in [3.05, 3.63) is 88.6 Å². The van der Waals surface area contributed by atoms with E-state index in [0.29, 0.717) is 34.1 Å². The minimum Gasteiger partial charge on any atom is -0.507 e. The van der Waals surface area contributed by atoms with E-state index in [1.807, 2.05) is 0 Å². The normalized spacial score (nSPS) is 19.1. The third kappa shape index (κ3) is 3.30. The molecule has 1 atom stereocenters. The maximum atomic E-state index is 13.3. The lowest BCUT2D eigenvalue weighted by Gasteiger charge is -2.23. The van der Waals surface area contributed by atoms with Gasteiger partial charge in [0.05, 0.1) is 5.57 Å². The molecule has 2 aliphatic heterocycles. The van der Waals surface area contributed by atoms with Crippen LogP contribution < -0.4 is 9.47 Å². The minimum atomic E-state index is -0.945. The number of aryl methyl sites for hydroxylation is 1. The topological polar surface area (TPSA) is 89.2 Å². The highest BCUT2D eigenvalue weighted by Crippen LogP contribution is 2.42. The summed E-state index contributed by atoms with van der Waals surface area (Å²) in [5, 5.41) is 11.1. The van der Waals surface area contributed by atoms with Gasteiger partial charge in [-0.15, -0.1) is 0 Å². The fourth-order valence-corrected chi connectivity index (χ4v) is 3.93. The van der Waals surface area contributed by atoms with Gasteiger partial charge in [-0.1, -0.05) is 12.1 Å². The number of aliphatic hydroxyl groups is 1. The molecule has 0 aliphatic carbocycles. The van der Waals surface area contributed by atoms with Gasteiger partial charge in [0.15, 0.2) is 11.5 Å². The Morgan fingerprint density at radius 1 is 1.06 bits per heavy atom. The number of ketones is 1. The lowest BCUT2D eigenvalue weighted by Crippen LogP contribution is -2.29. The number of ether oxygens (including phenoxy) is 2. The van der Waals surface area contributed by atoms with E-state index >= 15 is 0 Å². The van der Waals surface area contributed by atoms with E-state index in [1.165, 1.54) is 29.2 Å². The van der Waals surface area contributed by atoms with Gasteiger partial charge in [0.1, 0.15) is 29.1 Å². The van der Waals surface area contributed by atoms with Crippen molar-refractivity contribution in [1.82, 2.24) is 4.90 Å². The molecule has 5 rings (SSSR count). The van der Waals surface area contributed by atoms with Crippen LogP contribution in [0.15, 0.2) is 64.6 Å². The van der Waals surface area contributed by atoms with E-state index < -0.39 is 23.5 Å². The maximum Gasteiger partial charge on any atom is 0.296 e. The van der Waals surface area contributed by atoms with Crippen LogP contribution in [0.1, 0.15) is 28.7 Å². The SMILES string of the molecule is Cc1ccc(C2/C(=C(/O)c3ccc4c(c3)OCO4)C(=O)C(=O)N2Cc2ccc(F)cc2)o1. The Morgan fingerprint density at radius 2 is 1.81 bits per heavy atom. The average Bonchev–Trinajstić information content (AvgIpc) is 3.49. The van der Waals surface area contributed by atoms with Gasteiger partial charge in [0, 0.05) is 12.1 Å². The first-order chi connectivity index (χ1) is 15.4. The zero-order valence-electron chi connectivity index (χ0n) is 17.0. The predicted octanol–water partition coefficient (Wildman–Crippen LogP) is 4.08. The van der Waals surface area contributed by atoms with Crippen molar-refractivity contribution < 1.29 is 33.0 Å². The molecule has 32 heavy (non-hydrogen) atoms. The summed E-state index contributed by atoms with van der Waals surface area (Å²) in [5.74, 6) is -0.478. The Balaban J connectivity index is 1.61. The third-order valence-electron chi connectivity index (χ3n) is 5.48. The molecule has 8 heteroatoms. The summed E-state index contributed by atoms with van der Waals surface area (Å²) in [5.41, 5.74) is 0.845. The summed E-state index contributed by atoms with van der Waals surface area (Å²) in [6.45, 7) is 1.84. The first-order valence-corrected chi connectivity index (χ1v) is 9.91. The molecular formula is C24H18FNO6. The molecule has 2 aliphatic rings. The molecule has 0 saturated carbocycles. The number of rotatable bonds is 4. The lowest BCUT2D eigenvalue weighted by molar-refractivity contribution is -0.140. The highest BCUT2D eigenvalue weighted by molar-refractivity contribution is 6.46. The number of fused-ring (bicyclic) bond motifs is 1. The quantitative estimate of drug-likeness (QED) is 0.377. The molecule has 1 saturated heterocycles. The van der Waals surface area contributed by atoms with Crippen molar-refractivity contribution >= 4 is 17.4 Å². The molecule has 0 spiro atoms. The van der Waals surface area contributed by atoms with E-state index in [4.69, 9.17) is 13.9 Å². The highest BCUT2D eigenvalue weighted by atomic mass is 19.1. The lowest BCUT2D eigenvalue weighted by atomic mass is 9.99. The standard InChI is InChI=1S/C24H18FNO6/c1-13-2-8-18(32-13)21-20(22(27)15-5-9-17-19(10-15)31-12-30-17)23(28)24(29)26(21)11-14-3-6-16(25)7-4-14/h2-10,21,27H,11-12H2,1H3/b22-20-. The van der Waals surface area contributed by atoms with E-state index in [1.54, 1.807) is 37.3 Å². The summed E-state index contributed by atoms with van der Waals surface area (Å²) in [4.78, 5) is 27.3. The van der Waals surface area contributed by atoms with Gasteiger partial charge < -0.3 is 23.9 Å². The number of benzene rings is 2. The molecule has 3 heterocycles. The number of hydrogen-bond donors (Lipinski definition) is 1. The number of aliphatic hydroxyl groups excluding tert-OH is 1. The Labute approximate surface area is 182 Å². The average molecular weight is 435 g/mol. The van der Waals surface area contributed by atoms with Crippen LogP contribution in [0, 0.1) is 12.7 Å². The summed E-state index contributed by atoms with van der Waals surface area (Å²) >= 11 is 0. The number of nitrogens with zero attached hydrogens (tertiary/aromatic N) is 1. The van der Waals surface area contributed by atoms with Gasteiger partial charge in [0.25, 0.3) is 11.7 Å². The van der Waals surface area contributed by atoms with Gasteiger partial charge in [-0.2, -0.15) is 0 Å². The van der Waals surface area contributed by atoms with E-state index in [2.05, 4.69) is 0 Å². The monoisotopic (exact) mass is 435 g/mol. The number of hydrogen-bond acceptors (Lipinski definition) is 6. The van der Waals surface area contributed by atoms with E-state index in [9.17, 15) is 19.1 Å². The molecule has 1 aromatic heterocycles. The number of carbonyl (C=O) groups excluding carboxylic acids is 2. The summed E-state index contributed by atoms with van der Waals surface area (Å²) in [6, 6.07) is 12.8. The number of likely N-dealkylation sites (tertiary alicyclic amines) is 1. The van der Waals surface area contributed by atoms with Crippen molar-refractivity contribution in [2.75, 3.05) is 6.79 Å². The van der Waals surface area contributed by atoms with Crippen molar-refractivity contribution in [3.8, 4) is 11.5 Å². The van der Waals surface area contributed by atoms with Gasteiger partial charge in [-0.05, 0) is 55.0 Å². The first kappa shape index (κ1) is 19.9. The van der Waals surface area contributed by atoms with Crippen LogP contribution >= 0.6 is 0 Å². The molecule has 7 nitrogen and oxygen atoms in total. The van der Waals surface area contributed by atoms with Crippen LogP contribution in [0.25, 0.3) is 5.76 Å². The number of halogens is 1. The summed E-state index contributed by atoms with van der Waals surface area (Å²) < 4.78 is 29.7. The second-order valence-corrected chi connectivity index (χ2v) is 7.57. The van der Waals surface area contributed by atoms with E-state index in [0.717, 1.165) is 0 Å². The van der Waals surface area contributed by atoms with Crippen LogP contribution in [0.4, 0.5) is 4.39 Å². The second-order valence-electron chi connectivity index (χ2n) is 7.57. The molecule has 0 radical (unpaired) electrons. The largest absolute Gasteiger partial charge is 0.507 e. The zero-order chi connectivity index (χ0) is 22.4. The molecule has 0 bridgehead atoms. The fraction of sp³-hybridized carbons (Fsp3) is 0.167. The molecule has 1 amide bonds. The molecule has 162 valence electrons. The number of Topliss-reactive ketones (excluding diaryl/α,β-unsaturated/α-hetero) is 1. The number of furan rings is 1. The Bertz CT molecular complexity index is 1260. The van der Waals surface area contributed by atoms with Crippen LogP contribution in [0.2, 0.25) is 0 Å².